The van der Waals surface area contributed by atoms with E-state index in [1.165, 1.54) is 0 Å². The lowest BCUT2D eigenvalue weighted by Crippen LogP contribution is -2.36. The Hall–Kier alpha value is -1.86. The summed E-state index contributed by atoms with van der Waals surface area (Å²) in [6, 6.07) is 9.52. The molecule has 0 aliphatic carbocycles. The van der Waals surface area contributed by atoms with Gasteiger partial charge in [0.2, 0.25) is 5.91 Å². The molecule has 108 valence electrons. The Morgan fingerprint density at radius 2 is 1.95 bits per heavy atom. The zero-order valence-electron chi connectivity index (χ0n) is 10.8. The van der Waals surface area contributed by atoms with Crippen LogP contribution in [0.2, 0.25) is 0 Å². The number of imide groups is 1. The van der Waals surface area contributed by atoms with Crippen LogP contribution in [0.5, 0.6) is 0 Å². The Bertz CT molecular complexity index is 655. The van der Waals surface area contributed by atoms with Crippen molar-refractivity contribution in [1.82, 2.24) is 4.90 Å². The number of benzene rings is 1. The van der Waals surface area contributed by atoms with Crippen molar-refractivity contribution >= 4 is 50.8 Å². The van der Waals surface area contributed by atoms with Crippen LogP contribution in [0.25, 0.3) is 6.08 Å². The number of carbonyl (C=O) groups is 3. The van der Waals surface area contributed by atoms with E-state index in [2.05, 4.69) is 15.9 Å². The first-order valence-electron chi connectivity index (χ1n) is 5.93. The highest BCUT2D eigenvalue weighted by Gasteiger charge is 2.35. The van der Waals surface area contributed by atoms with Crippen molar-refractivity contribution in [3.63, 3.8) is 0 Å². The van der Waals surface area contributed by atoms with E-state index in [1.54, 1.807) is 6.08 Å². The number of nitrogens with two attached hydrogens (primary N) is 1. The smallest absolute Gasteiger partial charge is 0.294 e. The maximum absolute atomic E-state index is 12.0. The molecule has 7 heteroatoms. The zero-order chi connectivity index (χ0) is 15.4. The Labute approximate surface area is 134 Å². The van der Waals surface area contributed by atoms with E-state index in [1.807, 2.05) is 36.4 Å². The second-order valence-electron chi connectivity index (χ2n) is 4.17. The molecule has 1 fully saturated rings. The maximum atomic E-state index is 12.0. The van der Waals surface area contributed by atoms with Gasteiger partial charge >= 0.3 is 0 Å². The predicted molar refractivity (Wildman–Crippen MR) is 85.3 cm³/mol. The number of allylic oxidation sites excluding steroid dienone is 2. The minimum Gasteiger partial charge on any atom is -0.368 e. The fourth-order valence-corrected chi connectivity index (χ4v) is 3.14. The third-order valence-electron chi connectivity index (χ3n) is 2.56. The highest BCUT2D eigenvalue weighted by molar-refractivity contribution is 9.12. The van der Waals surface area contributed by atoms with E-state index in [-0.39, 0.29) is 4.91 Å². The Morgan fingerprint density at radius 3 is 2.57 bits per heavy atom. The second kappa shape index (κ2) is 6.73. The SMILES string of the molecule is NC(=O)CN1C(=O)S/C(=C\C(Br)=C\c2ccccc2)C1=O. The first-order chi connectivity index (χ1) is 9.97. The largest absolute Gasteiger partial charge is 0.368 e. The lowest BCUT2D eigenvalue weighted by molar-refractivity contribution is -0.128. The molecule has 0 bridgehead atoms. The van der Waals surface area contributed by atoms with Gasteiger partial charge in [0, 0.05) is 4.48 Å². The summed E-state index contributed by atoms with van der Waals surface area (Å²) in [5.74, 6) is -1.24. The number of primary amides is 1. The number of thioether (sulfide) groups is 1. The topological polar surface area (TPSA) is 80.5 Å². The lowest BCUT2D eigenvalue weighted by atomic mass is 10.2. The molecule has 1 aromatic carbocycles. The van der Waals surface area contributed by atoms with Gasteiger partial charge in [-0.1, -0.05) is 46.3 Å². The van der Waals surface area contributed by atoms with Crippen LogP contribution < -0.4 is 5.73 Å². The average Bonchev–Trinajstić information content (AvgIpc) is 2.67. The van der Waals surface area contributed by atoms with Gasteiger partial charge in [0.25, 0.3) is 11.1 Å². The van der Waals surface area contributed by atoms with Crippen molar-refractivity contribution < 1.29 is 14.4 Å². The normalized spacial score (nSPS) is 17.7. The van der Waals surface area contributed by atoms with Crippen molar-refractivity contribution in [3.8, 4) is 0 Å². The molecule has 21 heavy (non-hydrogen) atoms. The third kappa shape index (κ3) is 4.05. The molecule has 0 aromatic heterocycles. The second-order valence-corrected chi connectivity index (χ2v) is 6.08. The molecule has 1 aromatic rings. The number of rotatable bonds is 4. The van der Waals surface area contributed by atoms with E-state index >= 15 is 0 Å². The van der Waals surface area contributed by atoms with Crippen molar-refractivity contribution in [2.45, 2.75) is 0 Å². The number of carbonyl (C=O) groups excluding carboxylic acids is 3. The van der Waals surface area contributed by atoms with Crippen molar-refractivity contribution in [1.29, 1.82) is 0 Å². The Balaban J connectivity index is 2.18. The molecular weight excluding hydrogens is 356 g/mol. The molecule has 0 saturated carbocycles. The minimum atomic E-state index is -0.725. The molecule has 1 aliphatic rings. The van der Waals surface area contributed by atoms with Crippen LogP contribution in [0.15, 0.2) is 45.8 Å². The Morgan fingerprint density at radius 1 is 1.29 bits per heavy atom. The molecular formula is C14H11BrN2O3S. The zero-order valence-corrected chi connectivity index (χ0v) is 13.2. The van der Waals surface area contributed by atoms with Gasteiger partial charge in [-0.25, -0.2) is 0 Å². The lowest BCUT2D eigenvalue weighted by Gasteiger charge is -2.08. The summed E-state index contributed by atoms with van der Waals surface area (Å²) >= 11 is 4.12. The van der Waals surface area contributed by atoms with Crippen LogP contribution in [0, 0.1) is 0 Å². The fraction of sp³-hybridized carbons (Fsp3) is 0.0714. The minimum absolute atomic E-state index is 0.250. The maximum Gasteiger partial charge on any atom is 0.294 e. The highest BCUT2D eigenvalue weighted by atomic mass is 79.9. The number of halogens is 1. The van der Waals surface area contributed by atoms with Gasteiger partial charge in [0.1, 0.15) is 6.54 Å². The van der Waals surface area contributed by atoms with Gasteiger partial charge in [-0.05, 0) is 29.5 Å². The fourth-order valence-electron chi connectivity index (χ4n) is 1.67. The molecule has 1 heterocycles. The number of hydrogen-bond donors (Lipinski definition) is 1. The van der Waals surface area contributed by atoms with Crippen LogP contribution in [-0.4, -0.2) is 28.5 Å². The van der Waals surface area contributed by atoms with Crippen LogP contribution in [0.4, 0.5) is 4.79 Å². The monoisotopic (exact) mass is 366 g/mol. The third-order valence-corrected chi connectivity index (χ3v) is 3.93. The summed E-state index contributed by atoms with van der Waals surface area (Å²) in [5.41, 5.74) is 5.97. The summed E-state index contributed by atoms with van der Waals surface area (Å²) in [6.07, 6.45) is 3.38. The number of nitrogens with zero attached hydrogens (tertiary/aromatic N) is 1. The van der Waals surface area contributed by atoms with E-state index in [0.717, 1.165) is 22.2 Å². The molecule has 1 saturated heterocycles. The van der Waals surface area contributed by atoms with Crippen LogP contribution in [0.1, 0.15) is 5.56 Å². The van der Waals surface area contributed by atoms with E-state index in [9.17, 15) is 14.4 Å². The number of amides is 3. The number of hydrogen-bond acceptors (Lipinski definition) is 4. The van der Waals surface area contributed by atoms with Crippen LogP contribution >= 0.6 is 27.7 Å². The van der Waals surface area contributed by atoms with Gasteiger partial charge in [-0.3, -0.25) is 19.3 Å². The van der Waals surface area contributed by atoms with Crippen molar-refractivity contribution in [2.24, 2.45) is 5.73 Å². The summed E-state index contributed by atoms with van der Waals surface area (Å²) < 4.78 is 0.651. The van der Waals surface area contributed by atoms with Crippen LogP contribution in [0.3, 0.4) is 0 Å². The molecule has 0 spiro atoms. The van der Waals surface area contributed by atoms with Gasteiger partial charge in [0.05, 0.1) is 4.91 Å². The standard InChI is InChI=1S/C14H11BrN2O3S/c15-10(6-9-4-2-1-3-5-9)7-11-13(19)17(8-12(16)18)14(20)21-11/h1-7H,8H2,(H2,16,18)/b10-6-,11-7-. The Kier molecular flexibility index (Phi) is 4.98. The van der Waals surface area contributed by atoms with Gasteiger partial charge in [-0.15, -0.1) is 0 Å². The van der Waals surface area contributed by atoms with Crippen LogP contribution in [-0.2, 0) is 9.59 Å². The molecule has 0 atom stereocenters. The first-order valence-corrected chi connectivity index (χ1v) is 7.54. The molecule has 0 unspecified atom stereocenters. The van der Waals surface area contributed by atoms with Gasteiger partial charge in [-0.2, -0.15) is 0 Å². The predicted octanol–water partition coefficient (Wildman–Crippen LogP) is 2.49. The van der Waals surface area contributed by atoms with E-state index in [4.69, 9.17) is 5.73 Å². The molecule has 2 rings (SSSR count). The summed E-state index contributed by atoms with van der Waals surface area (Å²) in [6.45, 7) is -0.401. The summed E-state index contributed by atoms with van der Waals surface area (Å²) in [7, 11) is 0. The van der Waals surface area contributed by atoms with E-state index in [0.29, 0.717) is 4.48 Å². The average molecular weight is 367 g/mol. The van der Waals surface area contributed by atoms with Gasteiger partial charge in [0.15, 0.2) is 0 Å². The molecule has 3 amide bonds. The van der Waals surface area contributed by atoms with Gasteiger partial charge < -0.3 is 5.73 Å². The quantitative estimate of drug-likeness (QED) is 0.830. The van der Waals surface area contributed by atoms with E-state index < -0.39 is 23.6 Å². The highest BCUT2D eigenvalue weighted by Crippen LogP contribution is 2.32. The molecule has 2 N–H and O–H groups in total. The van der Waals surface area contributed by atoms with Crippen molar-refractivity contribution in [3.05, 3.63) is 51.4 Å². The molecule has 5 nitrogen and oxygen atoms in total. The summed E-state index contributed by atoms with van der Waals surface area (Å²) in [4.78, 5) is 35.6. The van der Waals surface area contributed by atoms with Crippen molar-refractivity contribution in [2.75, 3.05) is 6.54 Å². The summed E-state index contributed by atoms with van der Waals surface area (Å²) in [5, 5.41) is -0.495. The first kappa shape index (κ1) is 15.5. The molecule has 1 aliphatic heterocycles. The molecule has 0 radical (unpaired) electrons.